The van der Waals surface area contributed by atoms with Crippen LogP contribution in [0.3, 0.4) is 0 Å². The van der Waals surface area contributed by atoms with Crippen LogP contribution in [0.25, 0.3) is 27.7 Å². The Kier molecular flexibility index (Phi) is 5.11. The van der Waals surface area contributed by atoms with Gasteiger partial charge in [-0.15, -0.1) is 5.10 Å². The van der Waals surface area contributed by atoms with Gasteiger partial charge in [-0.1, -0.05) is 6.07 Å². The summed E-state index contributed by atoms with van der Waals surface area (Å²) in [5.74, 6) is 0.819. The summed E-state index contributed by atoms with van der Waals surface area (Å²) in [7, 11) is 3.53. The van der Waals surface area contributed by atoms with Crippen LogP contribution in [0.4, 0.5) is 10.3 Å². The molecule has 4 heterocycles. The first kappa shape index (κ1) is 19.6. The summed E-state index contributed by atoms with van der Waals surface area (Å²) in [5.41, 5.74) is 4.33. The van der Waals surface area contributed by atoms with Crippen molar-refractivity contribution in [3.63, 3.8) is 0 Å². The van der Waals surface area contributed by atoms with Gasteiger partial charge in [0.15, 0.2) is 0 Å². The maximum absolute atomic E-state index is 14.3. The van der Waals surface area contributed by atoms with Crippen LogP contribution < -0.4 is 10.1 Å². The summed E-state index contributed by atoms with van der Waals surface area (Å²) in [6.45, 7) is 1.85. The van der Waals surface area contributed by atoms with Gasteiger partial charge in [-0.25, -0.2) is 8.91 Å². The maximum atomic E-state index is 14.3. The van der Waals surface area contributed by atoms with Crippen LogP contribution in [0, 0.1) is 5.92 Å². The Morgan fingerprint density at radius 3 is 2.84 bits per heavy atom. The van der Waals surface area contributed by atoms with Gasteiger partial charge in [0.1, 0.15) is 11.7 Å². The van der Waals surface area contributed by atoms with E-state index in [1.807, 2.05) is 42.4 Å². The lowest BCUT2D eigenvalue weighted by molar-refractivity contribution is 0.109. The quantitative estimate of drug-likeness (QED) is 0.530. The summed E-state index contributed by atoms with van der Waals surface area (Å²) in [6, 6.07) is 7.91. The fourth-order valence-corrected chi connectivity index (χ4v) is 4.13. The van der Waals surface area contributed by atoms with Crippen molar-refractivity contribution in [3.8, 4) is 17.0 Å². The maximum Gasteiger partial charge on any atom is 0.244 e. The molecule has 2 atom stereocenters. The van der Waals surface area contributed by atoms with Crippen LogP contribution in [0.5, 0.6) is 5.88 Å². The Hall–Kier alpha value is -3.33. The molecule has 160 valence electrons. The lowest BCUT2D eigenvalue weighted by Crippen LogP contribution is -2.42. The number of likely N-dealkylation sites (tertiary alicyclic amines) is 1. The molecule has 0 aliphatic carbocycles. The second kappa shape index (κ2) is 8.07. The zero-order valence-corrected chi connectivity index (χ0v) is 17.5. The predicted octanol–water partition coefficient (Wildman–Crippen LogP) is 3.05. The number of hydrogen-bond acceptors (Lipinski definition) is 7. The van der Waals surface area contributed by atoms with E-state index < -0.39 is 6.17 Å². The molecule has 1 saturated heterocycles. The Balaban J connectivity index is 1.44. The molecule has 1 unspecified atom stereocenters. The van der Waals surface area contributed by atoms with E-state index in [2.05, 4.69) is 25.4 Å². The van der Waals surface area contributed by atoms with E-state index >= 15 is 0 Å². The minimum absolute atomic E-state index is 0.0552. The van der Waals surface area contributed by atoms with Crippen molar-refractivity contribution in [3.05, 3.63) is 42.9 Å². The molecule has 4 aromatic rings. The fourth-order valence-electron chi connectivity index (χ4n) is 4.13. The van der Waals surface area contributed by atoms with E-state index in [0.717, 1.165) is 40.6 Å². The molecule has 0 saturated carbocycles. The number of piperidine rings is 1. The highest BCUT2D eigenvalue weighted by Crippen LogP contribution is 2.32. The average molecular weight is 421 g/mol. The summed E-state index contributed by atoms with van der Waals surface area (Å²) in [4.78, 5) is 15.3. The lowest BCUT2D eigenvalue weighted by atomic mass is 9.95. The van der Waals surface area contributed by atoms with Gasteiger partial charge in [0, 0.05) is 43.2 Å². The van der Waals surface area contributed by atoms with E-state index in [-0.39, 0.29) is 5.92 Å². The highest BCUT2D eigenvalue weighted by molar-refractivity contribution is 5.89. The Morgan fingerprint density at radius 1 is 1.19 bits per heavy atom. The second-order valence-corrected chi connectivity index (χ2v) is 7.94. The Bertz CT molecular complexity index is 1230. The van der Waals surface area contributed by atoms with Crippen molar-refractivity contribution >= 4 is 22.5 Å². The minimum Gasteiger partial charge on any atom is -0.479 e. The number of nitrogens with one attached hydrogen (secondary N) is 1. The molecule has 31 heavy (non-hydrogen) atoms. The van der Waals surface area contributed by atoms with Crippen molar-refractivity contribution in [2.45, 2.75) is 12.6 Å². The Morgan fingerprint density at radius 2 is 2.03 bits per heavy atom. The van der Waals surface area contributed by atoms with Gasteiger partial charge >= 0.3 is 0 Å². The number of rotatable bonds is 5. The third kappa shape index (κ3) is 3.76. The molecule has 1 aliphatic rings. The van der Waals surface area contributed by atoms with Gasteiger partial charge in [-0.05, 0) is 43.8 Å². The highest BCUT2D eigenvalue weighted by Gasteiger charge is 2.27. The van der Waals surface area contributed by atoms with Crippen LogP contribution in [-0.2, 0) is 0 Å². The minimum atomic E-state index is -0.855. The van der Waals surface area contributed by atoms with Gasteiger partial charge < -0.3 is 15.0 Å². The SMILES string of the molecule is COc1nc(NCC2CCN(C)C[C@@H]2F)nn2ccc(-c3ccc4nccnc4c3)c12. The van der Waals surface area contributed by atoms with E-state index in [0.29, 0.717) is 24.9 Å². The zero-order chi connectivity index (χ0) is 21.4. The van der Waals surface area contributed by atoms with Crippen molar-refractivity contribution < 1.29 is 9.13 Å². The van der Waals surface area contributed by atoms with Crippen LogP contribution >= 0.6 is 0 Å². The molecule has 1 N–H and O–H groups in total. The number of methoxy groups -OCH3 is 1. The number of halogens is 1. The number of aromatic nitrogens is 5. The van der Waals surface area contributed by atoms with E-state index in [1.54, 1.807) is 24.0 Å². The number of fused-ring (bicyclic) bond motifs is 2. The van der Waals surface area contributed by atoms with Crippen LogP contribution in [0.1, 0.15) is 6.42 Å². The van der Waals surface area contributed by atoms with E-state index in [4.69, 9.17) is 4.74 Å². The monoisotopic (exact) mass is 421 g/mol. The van der Waals surface area contributed by atoms with Gasteiger partial charge in [0.05, 0.1) is 18.1 Å². The number of ether oxygens (including phenoxy) is 1. The molecular weight excluding hydrogens is 397 g/mol. The van der Waals surface area contributed by atoms with Crippen LogP contribution in [0.2, 0.25) is 0 Å². The Labute approximate surface area is 179 Å². The van der Waals surface area contributed by atoms with E-state index in [9.17, 15) is 4.39 Å². The van der Waals surface area contributed by atoms with Gasteiger partial charge in [0.25, 0.3) is 0 Å². The molecule has 9 heteroatoms. The third-order valence-corrected chi connectivity index (χ3v) is 5.85. The first-order valence-electron chi connectivity index (χ1n) is 10.3. The van der Waals surface area contributed by atoms with Crippen molar-refractivity contribution in [1.82, 2.24) is 29.5 Å². The third-order valence-electron chi connectivity index (χ3n) is 5.85. The molecule has 0 amide bonds. The first-order valence-corrected chi connectivity index (χ1v) is 10.3. The number of benzene rings is 1. The van der Waals surface area contributed by atoms with Crippen molar-refractivity contribution in [1.29, 1.82) is 0 Å². The molecule has 0 spiro atoms. The summed E-state index contributed by atoms with van der Waals surface area (Å²) >= 11 is 0. The molecule has 3 aromatic heterocycles. The molecule has 5 rings (SSSR count). The normalized spacial score (nSPS) is 19.7. The lowest BCUT2D eigenvalue weighted by Gasteiger charge is -2.32. The predicted molar refractivity (Wildman–Crippen MR) is 117 cm³/mol. The highest BCUT2D eigenvalue weighted by atomic mass is 19.1. The van der Waals surface area contributed by atoms with Gasteiger partial charge in [-0.3, -0.25) is 9.97 Å². The summed E-state index contributed by atoms with van der Waals surface area (Å²) in [5, 5.41) is 7.77. The fraction of sp³-hybridized carbons (Fsp3) is 0.364. The van der Waals surface area contributed by atoms with E-state index in [1.165, 1.54) is 0 Å². The van der Waals surface area contributed by atoms with Crippen molar-refractivity contribution in [2.24, 2.45) is 5.92 Å². The zero-order valence-electron chi connectivity index (χ0n) is 17.5. The van der Waals surface area contributed by atoms with Crippen molar-refractivity contribution in [2.75, 3.05) is 39.1 Å². The first-order chi connectivity index (χ1) is 15.1. The van der Waals surface area contributed by atoms with Crippen LogP contribution in [0.15, 0.2) is 42.9 Å². The number of alkyl halides is 1. The topological polar surface area (TPSA) is 80.5 Å². The molecule has 0 radical (unpaired) electrons. The largest absolute Gasteiger partial charge is 0.479 e. The molecule has 1 aliphatic heterocycles. The molecule has 1 fully saturated rings. The standard InChI is InChI=1S/C22H24FN7O/c1-29-9-5-15(17(23)13-29)12-26-22-27-21(31-2)20-16(6-10-30(20)28-22)14-3-4-18-19(11-14)25-8-7-24-18/h3-4,6-8,10-11,15,17H,5,9,12-13H2,1-2H3,(H,26,28)/t15?,17-/m0/s1. The molecular formula is C22H24FN7O. The average Bonchev–Trinajstić information content (AvgIpc) is 3.21. The molecule has 0 bridgehead atoms. The number of nitrogens with zero attached hydrogens (tertiary/aromatic N) is 6. The number of hydrogen-bond donors (Lipinski definition) is 1. The summed E-state index contributed by atoms with van der Waals surface area (Å²) in [6.07, 6.45) is 5.18. The summed E-state index contributed by atoms with van der Waals surface area (Å²) < 4.78 is 21.7. The van der Waals surface area contributed by atoms with Gasteiger partial charge in [0.2, 0.25) is 11.8 Å². The van der Waals surface area contributed by atoms with Crippen LogP contribution in [-0.4, -0.2) is 69.4 Å². The number of anilines is 1. The second-order valence-electron chi connectivity index (χ2n) is 7.94. The molecule has 8 nitrogen and oxygen atoms in total. The smallest absolute Gasteiger partial charge is 0.244 e. The molecule has 1 aromatic carbocycles. The van der Waals surface area contributed by atoms with Gasteiger partial charge in [-0.2, -0.15) is 4.98 Å².